The first-order valence-electron chi connectivity index (χ1n) is 7.88. The number of carboxylic acids is 1. The van der Waals surface area contributed by atoms with Crippen molar-refractivity contribution in [2.45, 2.75) is 19.5 Å². The molecule has 1 aromatic carbocycles. The van der Waals surface area contributed by atoms with Crippen LogP contribution in [0, 0.1) is 5.82 Å². The minimum atomic E-state index is -1.12. The van der Waals surface area contributed by atoms with Crippen LogP contribution in [-0.4, -0.2) is 36.5 Å². The number of nitrogens with one attached hydrogen (secondary N) is 1. The van der Waals surface area contributed by atoms with E-state index >= 15 is 0 Å². The molecule has 0 saturated heterocycles. The minimum absolute atomic E-state index is 0.00125. The lowest BCUT2D eigenvalue weighted by Crippen LogP contribution is -2.23. The number of carbonyl (C=O) groups is 2. The van der Waals surface area contributed by atoms with E-state index in [1.165, 1.54) is 35.4 Å². The molecule has 3 rings (SSSR count). The number of halogens is 2. The third-order valence-corrected chi connectivity index (χ3v) is 4.22. The molecule has 2 aromatic heterocycles. The van der Waals surface area contributed by atoms with Crippen LogP contribution in [0.25, 0.3) is 0 Å². The molecule has 1 amide bonds. The Labute approximate surface area is 158 Å². The fraction of sp³-hybridized carbons (Fsp3) is 0.176. The zero-order chi connectivity index (χ0) is 19.6. The van der Waals surface area contributed by atoms with E-state index in [9.17, 15) is 14.0 Å². The van der Waals surface area contributed by atoms with E-state index in [2.05, 4.69) is 15.5 Å². The largest absolute Gasteiger partial charge is 0.478 e. The van der Waals surface area contributed by atoms with Crippen LogP contribution in [0.5, 0.6) is 0 Å². The number of aromatic nitrogens is 4. The van der Waals surface area contributed by atoms with Crippen molar-refractivity contribution in [1.82, 2.24) is 19.6 Å². The van der Waals surface area contributed by atoms with Gasteiger partial charge in [0.05, 0.1) is 30.2 Å². The third kappa shape index (κ3) is 4.32. The molecule has 0 bridgehead atoms. The van der Waals surface area contributed by atoms with Gasteiger partial charge in [0, 0.05) is 17.4 Å². The highest BCUT2D eigenvalue weighted by Gasteiger charge is 2.18. The fourth-order valence-electron chi connectivity index (χ4n) is 2.37. The van der Waals surface area contributed by atoms with Crippen LogP contribution in [0.15, 0.2) is 43.0 Å². The zero-order valence-corrected chi connectivity index (χ0v) is 14.9. The lowest BCUT2D eigenvalue weighted by molar-refractivity contribution is -0.119. The molecule has 2 heterocycles. The van der Waals surface area contributed by atoms with Gasteiger partial charge in [0.25, 0.3) is 0 Å². The van der Waals surface area contributed by atoms with Gasteiger partial charge in [-0.3, -0.25) is 14.2 Å². The van der Waals surface area contributed by atoms with Gasteiger partial charge in [0.15, 0.2) is 0 Å². The van der Waals surface area contributed by atoms with Gasteiger partial charge >= 0.3 is 5.97 Å². The van der Waals surface area contributed by atoms with Gasteiger partial charge in [-0.15, -0.1) is 0 Å². The number of hydrogen-bond acceptors (Lipinski definition) is 4. The molecule has 1 unspecified atom stereocenters. The van der Waals surface area contributed by atoms with Crippen LogP contribution < -0.4 is 5.32 Å². The van der Waals surface area contributed by atoms with Crippen LogP contribution in [-0.2, 0) is 11.3 Å². The van der Waals surface area contributed by atoms with Gasteiger partial charge in [0.1, 0.15) is 11.9 Å². The van der Waals surface area contributed by atoms with Gasteiger partial charge in [-0.05, 0) is 24.6 Å². The predicted octanol–water partition coefficient (Wildman–Crippen LogP) is 2.82. The molecule has 10 heteroatoms. The van der Waals surface area contributed by atoms with Crippen LogP contribution in [0.3, 0.4) is 0 Å². The molecule has 2 N–H and O–H groups in total. The molecule has 140 valence electrons. The second kappa shape index (κ2) is 7.58. The summed E-state index contributed by atoms with van der Waals surface area (Å²) in [5, 5.41) is 19.9. The second-order valence-electron chi connectivity index (χ2n) is 5.84. The Morgan fingerprint density at radius 2 is 2.07 bits per heavy atom. The summed E-state index contributed by atoms with van der Waals surface area (Å²) in [6.07, 6.45) is 5.53. The molecule has 0 aliphatic heterocycles. The van der Waals surface area contributed by atoms with Gasteiger partial charge in [-0.1, -0.05) is 17.7 Å². The monoisotopic (exact) mass is 391 g/mol. The molecule has 0 radical (unpaired) electrons. The van der Waals surface area contributed by atoms with Gasteiger partial charge in [-0.2, -0.15) is 10.2 Å². The maximum Gasteiger partial charge on any atom is 0.338 e. The second-order valence-corrected chi connectivity index (χ2v) is 6.25. The van der Waals surface area contributed by atoms with Crippen molar-refractivity contribution in [3.8, 4) is 0 Å². The summed E-state index contributed by atoms with van der Waals surface area (Å²) in [4.78, 5) is 23.2. The van der Waals surface area contributed by atoms with Crippen molar-refractivity contribution in [1.29, 1.82) is 0 Å². The Balaban J connectivity index is 1.65. The van der Waals surface area contributed by atoms with Gasteiger partial charge < -0.3 is 10.4 Å². The van der Waals surface area contributed by atoms with E-state index < -0.39 is 17.8 Å². The Kier molecular flexibility index (Phi) is 5.22. The first-order chi connectivity index (χ1) is 12.8. The normalized spacial score (nSPS) is 12.0. The molecule has 1 atom stereocenters. The Morgan fingerprint density at radius 3 is 2.74 bits per heavy atom. The van der Waals surface area contributed by atoms with E-state index in [1.807, 2.05) is 0 Å². The Morgan fingerprint density at radius 1 is 1.30 bits per heavy atom. The molecule has 8 nitrogen and oxygen atoms in total. The molecule has 0 saturated carbocycles. The highest BCUT2D eigenvalue weighted by atomic mass is 35.5. The number of carbonyl (C=O) groups excluding carboxylic acids is 1. The van der Waals surface area contributed by atoms with Crippen molar-refractivity contribution in [2.75, 3.05) is 5.32 Å². The predicted molar refractivity (Wildman–Crippen MR) is 95.3 cm³/mol. The minimum Gasteiger partial charge on any atom is -0.478 e. The van der Waals surface area contributed by atoms with E-state index in [-0.39, 0.29) is 16.5 Å². The van der Waals surface area contributed by atoms with Crippen molar-refractivity contribution in [3.63, 3.8) is 0 Å². The maximum absolute atomic E-state index is 13.1. The van der Waals surface area contributed by atoms with E-state index in [0.29, 0.717) is 17.8 Å². The van der Waals surface area contributed by atoms with Crippen molar-refractivity contribution in [3.05, 3.63) is 65.0 Å². The first kappa shape index (κ1) is 18.6. The van der Waals surface area contributed by atoms with Gasteiger partial charge in [-0.25, -0.2) is 9.18 Å². The zero-order valence-electron chi connectivity index (χ0n) is 14.1. The van der Waals surface area contributed by atoms with E-state index in [4.69, 9.17) is 16.7 Å². The summed E-state index contributed by atoms with van der Waals surface area (Å²) in [5.41, 5.74) is 1.14. The average Bonchev–Trinajstić information content (AvgIpc) is 3.26. The van der Waals surface area contributed by atoms with Crippen molar-refractivity contribution >= 4 is 29.2 Å². The van der Waals surface area contributed by atoms with Crippen LogP contribution in [0.4, 0.5) is 10.1 Å². The number of benzene rings is 1. The summed E-state index contributed by atoms with van der Waals surface area (Å²) in [5.74, 6) is -1.92. The SMILES string of the molecule is CC(C(=O)Nc1cnn(Cc2ccc(F)cc2Cl)c1)n1cc(C(=O)O)cn1. The first-order valence-corrected chi connectivity index (χ1v) is 8.26. The molecular formula is C17H15ClFN5O3. The number of hydrogen-bond donors (Lipinski definition) is 2. The third-order valence-electron chi connectivity index (χ3n) is 3.87. The lowest BCUT2D eigenvalue weighted by atomic mass is 10.2. The lowest BCUT2D eigenvalue weighted by Gasteiger charge is -2.11. The van der Waals surface area contributed by atoms with Crippen molar-refractivity contribution in [2.24, 2.45) is 0 Å². The smallest absolute Gasteiger partial charge is 0.338 e. The number of anilines is 1. The maximum atomic E-state index is 13.1. The molecule has 0 aliphatic rings. The standard InChI is InChI=1S/C17H15ClFN5O3/c1-10(24-8-12(5-21-24)17(26)27)16(25)22-14-6-20-23(9-14)7-11-2-3-13(19)4-15(11)18/h2-6,8-10H,7H2,1H3,(H,22,25)(H,26,27). The molecule has 27 heavy (non-hydrogen) atoms. The van der Waals surface area contributed by atoms with E-state index in [0.717, 1.165) is 0 Å². The van der Waals surface area contributed by atoms with Gasteiger partial charge in [0.2, 0.25) is 5.91 Å². The molecule has 3 aromatic rings. The molecular weight excluding hydrogens is 377 g/mol. The van der Waals surface area contributed by atoms with Crippen LogP contribution in [0.1, 0.15) is 28.9 Å². The number of carboxylic acid groups (broad SMARTS) is 1. The summed E-state index contributed by atoms with van der Waals surface area (Å²) >= 11 is 6.00. The quantitative estimate of drug-likeness (QED) is 0.672. The van der Waals surface area contributed by atoms with Crippen molar-refractivity contribution < 1.29 is 19.1 Å². The average molecular weight is 392 g/mol. The summed E-state index contributed by atoms with van der Waals surface area (Å²) in [6, 6.07) is 3.38. The van der Waals surface area contributed by atoms with Crippen LogP contribution >= 0.6 is 11.6 Å². The Bertz CT molecular complexity index is 1000. The molecule has 0 spiro atoms. The molecule has 0 aliphatic carbocycles. The number of rotatable bonds is 6. The van der Waals surface area contributed by atoms with Crippen LogP contribution in [0.2, 0.25) is 5.02 Å². The Hall–Kier alpha value is -3.20. The van der Waals surface area contributed by atoms with E-state index in [1.54, 1.807) is 23.9 Å². The number of amides is 1. The summed E-state index contributed by atoms with van der Waals surface area (Å²) in [7, 11) is 0. The topological polar surface area (TPSA) is 102 Å². The summed E-state index contributed by atoms with van der Waals surface area (Å²) < 4.78 is 15.9. The molecule has 0 fully saturated rings. The summed E-state index contributed by atoms with van der Waals surface area (Å²) in [6.45, 7) is 1.91. The highest BCUT2D eigenvalue weighted by molar-refractivity contribution is 6.31. The highest BCUT2D eigenvalue weighted by Crippen LogP contribution is 2.19. The number of aromatic carboxylic acids is 1. The fourth-order valence-corrected chi connectivity index (χ4v) is 2.59. The number of nitrogens with zero attached hydrogens (tertiary/aromatic N) is 4.